The summed E-state index contributed by atoms with van der Waals surface area (Å²) in [6.07, 6.45) is 4.24. The predicted octanol–water partition coefficient (Wildman–Crippen LogP) is 0.127. The van der Waals surface area contributed by atoms with Crippen LogP contribution in [0.1, 0.15) is 19.3 Å². The Bertz CT molecular complexity index is 199. The largest absolute Gasteiger partial charge is 0.315 e. The van der Waals surface area contributed by atoms with Crippen molar-refractivity contribution in [3.8, 4) is 0 Å². The zero-order valence-corrected chi connectivity index (χ0v) is 9.08. The molecular weight excluding hydrogens is 174 g/mol. The standard InChI is InChI=1S/C11H21N3/c1-13-7-10-2-3-11(8-13)14(10)9-4-5-12-6-9/h9-12H,2-8H2,1H3. The van der Waals surface area contributed by atoms with Gasteiger partial charge in [-0.1, -0.05) is 0 Å². The Morgan fingerprint density at radius 3 is 2.29 bits per heavy atom. The van der Waals surface area contributed by atoms with Gasteiger partial charge >= 0.3 is 0 Å². The number of rotatable bonds is 1. The molecule has 0 saturated carbocycles. The molecule has 0 aromatic rings. The van der Waals surface area contributed by atoms with Crippen LogP contribution in [0.3, 0.4) is 0 Å². The minimum absolute atomic E-state index is 0.848. The van der Waals surface area contributed by atoms with Crippen molar-refractivity contribution in [2.75, 3.05) is 33.2 Å². The summed E-state index contributed by atoms with van der Waals surface area (Å²) in [5.74, 6) is 0. The van der Waals surface area contributed by atoms with Gasteiger partial charge in [0, 0.05) is 37.8 Å². The van der Waals surface area contributed by atoms with E-state index in [9.17, 15) is 0 Å². The van der Waals surface area contributed by atoms with Crippen molar-refractivity contribution in [3.05, 3.63) is 0 Å². The Morgan fingerprint density at radius 2 is 1.71 bits per heavy atom. The molecule has 3 atom stereocenters. The molecule has 3 rings (SSSR count). The number of likely N-dealkylation sites (tertiary alicyclic amines) is 1. The molecule has 3 fully saturated rings. The first kappa shape index (κ1) is 9.13. The van der Waals surface area contributed by atoms with Crippen molar-refractivity contribution in [1.29, 1.82) is 0 Å². The van der Waals surface area contributed by atoms with Gasteiger partial charge in [0.15, 0.2) is 0 Å². The van der Waals surface area contributed by atoms with E-state index >= 15 is 0 Å². The molecule has 0 amide bonds. The molecule has 0 radical (unpaired) electrons. The molecule has 14 heavy (non-hydrogen) atoms. The molecule has 3 aliphatic rings. The third kappa shape index (κ3) is 1.38. The quantitative estimate of drug-likeness (QED) is 0.641. The highest BCUT2D eigenvalue weighted by Gasteiger charge is 2.42. The summed E-state index contributed by atoms with van der Waals surface area (Å²) in [5, 5.41) is 3.49. The van der Waals surface area contributed by atoms with Gasteiger partial charge in [-0.15, -0.1) is 0 Å². The van der Waals surface area contributed by atoms with Crippen molar-refractivity contribution in [3.63, 3.8) is 0 Å². The van der Waals surface area contributed by atoms with Gasteiger partial charge in [-0.05, 0) is 32.9 Å². The maximum Gasteiger partial charge on any atom is 0.0239 e. The van der Waals surface area contributed by atoms with Crippen LogP contribution in [0.15, 0.2) is 0 Å². The number of hydrogen-bond acceptors (Lipinski definition) is 3. The summed E-state index contributed by atoms with van der Waals surface area (Å²) in [6.45, 7) is 5.06. The summed E-state index contributed by atoms with van der Waals surface area (Å²) in [7, 11) is 2.27. The minimum atomic E-state index is 0.848. The van der Waals surface area contributed by atoms with Crippen LogP contribution in [0.2, 0.25) is 0 Å². The van der Waals surface area contributed by atoms with E-state index in [0.717, 1.165) is 18.1 Å². The number of likely N-dealkylation sites (N-methyl/N-ethyl adjacent to an activating group) is 1. The molecule has 3 saturated heterocycles. The van der Waals surface area contributed by atoms with E-state index in [2.05, 4.69) is 22.2 Å². The van der Waals surface area contributed by atoms with E-state index in [1.165, 1.54) is 45.4 Å². The third-order valence-electron chi connectivity index (χ3n) is 4.18. The van der Waals surface area contributed by atoms with Crippen LogP contribution < -0.4 is 5.32 Å². The summed E-state index contributed by atoms with van der Waals surface area (Å²) < 4.78 is 0. The second-order valence-electron chi connectivity index (χ2n) is 5.20. The molecular formula is C11H21N3. The van der Waals surface area contributed by atoms with Crippen LogP contribution in [0.25, 0.3) is 0 Å². The molecule has 0 aromatic heterocycles. The molecule has 0 aliphatic carbocycles. The molecule has 0 spiro atoms. The van der Waals surface area contributed by atoms with Gasteiger partial charge in [-0.25, -0.2) is 0 Å². The Balaban J connectivity index is 1.74. The van der Waals surface area contributed by atoms with Gasteiger partial charge in [-0.3, -0.25) is 4.90 Å². The number of nitrogens with one attached hydrogen (secondary N) is 1. The normalized spacial score (nSPS) is 44.8. The van der Waals surface area contributed by atoms with E-state index in [-0.39, 0.29) is 0 Å². The molecule has 3 heterocycles. The first-order chi connectivity index (χ1) is 6.84. The molecule has 3 heteroatoms. The van der Waals surface area contributed by atoms with Gasteiger partial charge in [0.2, 0.25) is 0 Å². The molecule has 3 nitrogen and oxygen atoms in total. The average molecular weight is 195 g/mol. The van der Waals surface area contributed by atoms with E-state index in [1.54, 1.807) is 0 Å². The van der Waals surface area contributed by atoms with Crippen molar-refractivity contribution in [2.24, 2.45) is 0 Å². The molecule has 3 aliphatic heterocycles. The minimum Gasteiger partial charge on any atom is -0.315 e. The third-order valence-corrected chi connectivity index (χ3v) is 4.18. The Kier molecular flexibility index (Phi) is 2.26. The Morgan fingerprint density at radius 1 is 1.00 bits per heavy atom. The average Bonchev–Trinajstić information content (AvgIpc) is 2.72. The van der Waals surface area contributed by atoms with Gasteiger partial charge in [-0.2, -0.15) is 0 Å². The predicted molar refractivity (Wildman–Crippen MR) is 57.4 cm³/mol. The van der Waals surface area contributed by atoms with Crippen LogP contribution in [-0.2, 0) is 0 Å². The number of hydrogen-bond donors (Lipinski definition) is 1. The smallest absolute Gasteiger partial charge is 0.0239 e. The van der Waals surface area contributed by atoms with Gasteiger partial charge < -0.3 is 10.2 Å². The first-order valence-electron chi connectivity index (χ1n) is 6.01. The highest BCUT2D eigenvalue weighted by Crippen LogP contribution is 2.32. The number of fused-ring (bicyclic) bond motifs is 2. The summed E-state index contributed by atoms with van der Waals surface area (Å²) >= 11 is 0. The fourth-order valence-corrected chi connectivity index (χ4v) is 3.64. The highest BCUT2D eigenvalue weighted by molar-refractivity contribution is 4.99. The van der Waals surface area contributed by atoms with Crippen LogP contribution in [0, 0.1) is 0 Å². The fourth-order valence-electron chi connectivity index (χ4n) is 3.64. The molecule has 3 unspecified atom stereocenters. The van der Waals surface area contributed by atoms with E-state index in [4.69, 9.17) is 0 Å². The molecule has 80 valence electrons. The van der Waals surface area contributed by atoms with Crippen molar-refractivity contribution >= 4 is 0 Å². The fraction of sp³-hybridized carbons (Fsp3) is 1.00. The lowest BCUT2D eigenvalue weighted by Gasteiger charge is -2.42. The second kappa shape index (κ2) is 3.47. The highest BCUT2D eigenvalue weighted by atomic mass is 15.3. The van der Waals surface area contributed by atoms with Crippen molar-refractivity contribution in [1.82, 2.24) is 15.1 Å². The van der Waals surface area contributed by atoms with Crippen molar-refractivity contribution < 1.29 is 0 Å². The lowest BCUT2D eigenvalue weighted by Crippen LogP contribution is -2.56. The van der Waals surface area contributed by atoms with Gasteiger partial charge in [0.25, 0.3) is 0 Å². The van der Waals surface area contributed by atoms with E-state index in [1.807, 2.05) is 0 Å². The lowest BCUT2D eigenvalue weighted by atomic mass is 10.1. The molecule has 0 aromatic carbocycles. The summed E-state index contributed by atoms with van der Waals surface area (Å²) in [4.78, 5) is 5.35. The van der Waals surface area contributed by atoms with Crippen molar-refractivity contribution in [2.45, 2.75) is 37.4 Å². The monoisotopic (exact) mass is 195 g/mol. The van der Waals surface area contributed by atoms with Crippen LogP contribution >= 0.6 is 0 Å². The second-order valence-corrected chi connectivity index (χ2v) is 5.20. The van der Waals surface area contributed by atoms with Crippen LogP contribution in [0.4, 0.5) is 0 Å². The summed E-state index contributed by atoms with van der Waals surface area (Å²) in [6, 6.07) is 2.58. The number of piperazine rings is 1. The lowest BCUT2D eigenvalue weighted by molar-refractivity contribution is 0.0509. The first-order valence-corrected chi connectivity index (χ1v) is 6.01. The zero-order chi connectivity index (χ0) is 9.54. The summed E-state index contributed by atoms with van der Waals surface area (Å²) in [5.41, 5.74) is 0. The topological polar surface area (TPSA) is 18.5 Å². The maximum absolute atomic E-state index is 3.49. The van der Waals surface area contributed by atoms with Crippen LogP contribution in [-0.4, -0.2) is 61.2 Å². The molecule has 2 bridgehead atoms. The number of nitrogens with zero attached hydrogens (tertiary/aromatic N) is 2. The van der Waals surface area contributed by atoms with E-state index < -0.39 is 0 Å². The Labute approximate surface area is 86.4 Å². The maximum atomic E-state index is 3.49. The molecule has 1 N–H and O–H groups in total. The van der Waals surface area contributed by atoms with Gasteiger partial charge in [0.05, 0.1) is 0 Å². The zero-order valence-electron chi connectivity index (χ0n) is 9.08. The Hall–Kier alpha value is -0.120. The van der Waals surface area contributed by atoms with E-state index in [0.29, 0.717) is 0 Å². The SMILES string of the molecule is CN1CC2CCC(C1)N2C1CCNC1. The van der Waals surface area contributed by atoms with Gasteiger partial charge in [0.1, 0.15) is 0 Å². The van der Waals surface area contributed by atoms with Crippen LogP contribution in [0.5, 0.6) is 0 Å².